The summed E-state index contributed by atoms with van der Waals surface area (Å²) >= 11 is 0. The Morgan fingerprint density at radius 2 is 1.89 bits per heavy atom. The van der Waals surface area contributed by atoms with Crippen LogP contribution in [0.1, 0.15) is 29.7 Å². The number of amides is 1. The minimum atomic E-state index is -3.72. The molecule has 1 fully saturated rings. The van der Waals surface area contributed by atoms with Crippen LogP contribution in [0.4, 0.5) is 11.5 Å². The Bertz CT molecular complexity index is 1330. The first-order valence-electron chi connectivity index (χ1n) is 12.8. The minimum Gasteiger partial charge on any atom is -0.468 e. The number of hydrogen-bond acceptors (Lipinski definition) is 7. The maximum absolute atomic E-state index is 13.6. The number of pyridine rings is 1. The van der Waals surface area contributed by atoms with Gasteiger partial charge in [0.1, 0.15) is 16.5 Å². The zero-order chi connectivity index (χ0) is 25.8. The lowest BCUT2D eigenvalue weighted by Gasteiger charge is -2.33. The zero-order valence-electron chi connectivity index (χ0n) is 21.1. The molecule has 0 unspecified atom stereocenters. The number of sulfonamides is 1. The average Bonchev–Trinajstić information content (AvgIpc) is 3.57. The Morgan fingerprint density at radius 1 is 1.08 bits per heavy atom. The highest BCUT2D eigenvalue weighted by molar-refractivity contribution is 7.89. The van der Waals surface area contributed by atoms with Gasteiger partial charge in [-0.3, -0.25) is 9.69 Å². The number of nitrogens with one attached hydrogen (secondary N) is 1. The second-order valence-electron chi connectivity index (χ2n) is 9.57. The predicted molar refractivity (Wildman–Crippen MR) is 142 cm³/mol. The molecule has 9 nitrogen and oxygen atoms in total. The van der Waals surface area contributed by atoms with Crippen LogP contribution in [0.25, 0.3) is 0 Å². The number of furan rings is 1. The summed E-state index contributed by atoms with van der Waals surface area (Å²) in [6, 6.07) is 13.5. The van der Waals surface area contributed by atoms with Gasteiger partial charge in [0.2, 0.25) is 15.9 Å². The molecule has 2 aliphatic rings. The van der Waals surface area contributed by atoms with Crippen LogP contribution in [-0.4, -0.2) is 67.8 Å². The molecule has 37 heavy (non-hydrogen) atoms. The van der Waals surface area contributed by atoms with Crippen molar-refractivity contribution in [1.29, 1.82) is 0 Å². The SMILES string of the molecule is Cc1cnc(NCCCC(=O)N2CCc3ccccc32)c(S(=O)(=O)N2CCN(Cc3ccco3)CC2)c1. The van der Waals surface area contributed by atoms with E-state index in [1.807, 2.05) is 42.2 Å². The van der Waals surface area contributed by atoms with E-state index in [1.54, 1.807) is 18.5 Å². The summed E-state index contributed by atoms with van der Waals surface area (Å²) in [5.41, 5.74) is 2.98. The summed E-state index contributed by atoms with van der Waals surface area (Å²) in [4.78, 5) is 21.4. The van der Waals surface area contributed by atoms with Crippen LogP contribution in [0.3, 0.4) is 0 Å². The van der Waals surface area contributed by atoms with Gasteiger partial charge in [0.05, 0.1) is 12.8 Å². The Hall–Kier alpha value is -3.21. The van der Waals surface area contributed by atoms with Crippen LogP contribution >= 0.6 is 0 Å². The van der Waals surface area contributed by atoms with E-state index in [0.29, 0.717) is 64.5 Å². The summed E-state index contributed by atoms with van der Waals surface area (Å²) in [5.74, 6) is 1.30. The summed E-state index contributed by atoms with van der Waals surface area (Å²) < 4.78 is 34.1. The topological polar surface area (TPSA) is 99.0 Å². The normalized spacial score (nSPS) is 16.6. The van der Waals surface area contributed by atoms with Crippen molar-refractivity contribution in [2.45, 2.75) is 37.6 Å². The predicted octanol–water partition coefficient (Wildman–Crippen LogP) is 3.27. The van der Waals surface area contributed by atoms with Gasteiger partial charge in [-0.25, -0.2) is 13.4 Å². The van der Waals surface area contributed by atoms with Crippen LogP contribution in [-0.2, 0) is 27.8 Å². The van der Waals surface area contributed by atoms with Crippen molar-refractivity contribution in [3.8, 4) is 0 Å². The molecule has 1 aromatic carbocycles. The third kappa shape index (κ3) is 5.71. The van der Waals surface area contributed by atoms with Gasteiger partial charge in [-0.2, -0.15) is 4.31 Å². The lowest BCUT2D eigenvalue weighted by molar-refractivity contribution is -0.118. The van der Waals surface area contributed by atoms with Crippen molar-refractivity contribution in [1.82, 2.24) is 14.2 Å². The van der Waals surface area contributed by atoms with Gasteiger partial charge < -0.3 is 14.6 Å². The Labute approximate surface area is 218 Å². The fourth-order valence-electron chi connectivity index (χ4n) is 4.94. The summed E-state index contributed by atoms with van der Waals surface area (Å²) in [6.07, 6.45) is 5.16. The molecule has 3 aromatic rings. The van der Waals surface area contributed by atoms with E-state index in [4.69, 9.17) is 4.42 Å². The van der Waals surface area contributed by atoms with Gasteiger partial charge in [0, 0.05) is 57.6 Å². The Balaban J connectivity index is 1.17. The number of aromatic nitrogens is 1. The molecule has 0 bridgehead atoms. The van der Waals surface area contributed by atoms with Crippen LogP contribution in [0, 0.1) is 6.92 Å². The van der Waals surface area contributed by atoms with Crippen LogP contribution in [0.15, 0.2) is 64.2 Å². The van der Waals surface area contributed by atoms with Crippen molar-refractivity contribution in [2.75, 3.05) is 49.5 Å². The molecule has 4 heterocycles. The standard InChI is InChI=1S/C27H33N5O4S/c1-21-18-25(37(34,35)31-15-13-30(14-16-31)20-23-7-5-17-36-23)27(29-19-21)28-11-4-9-26(33)32-12-10-22-6-2-3-8-24(22)32/h2-3,5-8,17-19H,4,9-16,20H2,1H3,(H,28,29). The number of benzene rings is 1. The Morgan fingerprint density at radius 3 is 2.68 bits per heavy atom. The molecular weight excluding hydrogens is 490 g/mol. The molecule has 0 spiro atoms. The molecule has 1 N–H and O–H groups in total. The number of fused-ring (bicyclic) bond motifs is 1. The van der Waals surface area contributed by atoms with Crippen LogP contribution in [0.2, 0.25) is 0 Å². The number of hydrogen-bond donors (Lipinski definition) is 1. The number of carbonyl (C=O) groups excluding carboxylic acids is 1. The molecule has 1 amide bonds. The minimum absolute atomic E-state index is 0.0869. The van der Waals surface area contributed by atoms with E-state index in [-0.39, 0.29) is 10.8 Å². The van der Waals surface area contributed by atoms with Crippen LogP contribution in [0.5, 0.6) is 0 Å². The smallest absolute Gasteiger partial charge is 0.246 e. The number of piperazine rings is 1. The van der Waals surface area contributed by atoms with E-state index in [2.05, 4.69) is 21.3 Å². The number of aryl methyl sites for hydroxylation is 1. The van der Waals surface area contributed by atoms with Gasteiger partial charge in [-0.05, 0) is 55.2 Å². The molecule has 2 aromatic heterocycles. The summed E-state index contributed by atoms with van der Waals surface area (Å²) in [6.45, 7) is 5.74. The number of rotatable bonds is 9. The lowest BCUT2D eigenvalue weighted by atomic mass is 10.2. The van der Waals surface area contributed by atoms with Gasteiger partial charge >= 0.3 is 0 Å². The highest BCUT2D eigenvalue weighted by atomic mass is 32.2. The number of carbonyl (C=O) groups is 1. The quantitative estimate of drug-likeness (QED) is 0.430. The number of anilines is 2. The molecule has 10 heteroatoms. The summed E-state index contributed by atoms with van der Waals surface area (Å²) in [5, 5.41) is 3.18. The number of para-hydroxylation sites is 1. The van der Waals surface area contributed by atoms with Crippen molar-refractivity contribution < 1.29 is 17.6 Å². The average molecular weight is 524 g/mol. The number of nitrogens with zero attached hydrogens (tertiary/aromatic N) is 4. The van der Waals surface area contributed by atoms with Crippen molar-refractivity contribution in [3.63, 3.8) is 0 Å². The third-order valence-electron chi connectivity index (χ3n) is 6.95. The molecule has 196 valence electrons. The summed E-state index contributed by atoms with van der Waals surface area (Å²) in [7, 11) is -3.72. The lowest BCUT2D eigenvalue weighted by Crippen LogP contribution is -2.48. The van der Waals surface area contributed by atoms with Crippen molar-refractivity contribution >= 4 is 27.4 Å². The maximum Gasteiger partial charge on any atom is 0.246 e. The molecule has 0 radical (unpaired) electrons. The first kappa shape index (κ1) is 25.4. The molecular formula is C27H33N5O4S. The molecule has 0 atom stereocenters. The highest BCUT2D eigenvalue weighted by Crippen LogP contribution is 2.28. The fourth-order valence-corrected chi connectivity index (χ4v) is 6.57. The molecule has 1 saturated heterocycles. The van der Waals surface area contributed by atoms with E-state index >= 15 is 0 Å². The molecule has 2 aliphatic heterocycles. The molecule has 0 aliphatic carbocycles. The van der Waals surface area contributed by atoms with E-state index < -0.39 is 10.0 Å². The third-order valence-corrected chi connectivity index (χ3v) is 8.86. The van der Waals surface area contributed by atoms with Gasteiger partial charge in [0.25, 0.3) is 0 Å². The molecule has 0 saturated carbocycles. The van der Waals surface area contributed by atoms with Crippen molar-refractivity contribution in [2.24, 2.45) is 0 Å². The van der Waals surface area contributed by atoms with E-state index in [0.717, 1.165) is 23.4 Å². The first-order valence-corrected chi connectivity index (χ1v) is 14.2. The van der Waals surface area contributed by atoms with E-state index in [9.17, 15) is 13.2 Å². The first-order chi connectivity index (χ1) is 17.9. The monoisotopic (exact) mass is 523 g/mol. The Kier molecular flexibility index (Phi) is 7.59. The maximum atomic E-state index is 13.6. The largest absolute Gasteiger partial charge is 0.468 e. The fraction of sp³-hybridized carbons (Fsp3) is 0.407. The van der Waals surface area contributed by atoms with Crippen LogP contribution < -0.4 is 10.2 Å². The second kappa shape index (κ2) is 11.0. The highest BCUT2D eigenvalue weighted by Gasteiger charge is 2.31. The molecule has 5 rings (SSSR count). The van der Waals surface area contributed by atoms with E-state index in [1.165, 1.54) is 9.87 Å². The van der Waals surface area contributed by atoms with Crippen molar-refractivity contribution in [3.05, 3.63) is 71.8 Å². The zero-order valence-corrected chi connectivity index (χ0v) is 21.9. The van der Waals surface area contributed by atoms with Gasteiger partial charge in [0.15, 0.2) is 0 Å². The second-order valence-corrected chi connectivity index (χ2v) is 11.5. The van der Waals surface area contributed by atoms with Gasteiger partial charge in [-0.1, -0.05) is 18.2 Å². The van der Waals surface area contributed by atoms with Gasteiger partial charge in [-0.15, -0.1) is 0 Å².